The third kappa shape index (κ3) is 1.11. The SMILES string of the molecule is CC1(F)C(C)(F)C(O)(C(F)(F)F)C(F)(F)C1(F)F. The Hall–Kier alpha value is -0.670. The molecule has 1 aliphatic rings. The third-order valence-corrected chi connectivity index (χ3v) is 3.41. The molecule has 1 N–H and O–H groups in total. The first-order valence-corrected chi connectivity index (χ1v) is 4.42. The monoisotopic (exact) mass is 290 g/mol. The molecule has 0 aliphatic heterocycles. The average Bonchev–Trinajstić information content (AvgIpc) is 2.16. The summed E-state index contributed by atoms with van der Waals surface area (Å²) in [4.78, 5) is 0. The van der Waals surface area contributed by atoms with Gasteiger partial charge in [-0.3, -0.25) is 0 Å². The predicted octanol–water partition coefficient (Wildman–Crippen LogP) is 3.02. The molecule has 0 spiro atoms. The van der Waals surface area contributed by atoms with Crippen LogP contribution in [-0.4, -0.2) is 40.1 Å². The second-order valence-electron chi connectivity index (χ2n) is 4.36. The minimum absolute atomic E-state index is 0.454. The molecule has 0 aromatic carbocycles. The third-order valence-electron chi connectivity index (χ3n) is 3.41. The summed E-state index contributed by atoms with van der Waals surface area (Å²) in [7, 11) is 0. The molecular weight excluding hydrogens is 283 g/mol. The molecule has 0 bridgehead atoms. The normalized spacial score (nSPS) is 47.3. The highest BCUT2D eigenvalue weighted by molar-refractivity contribution is 5.32. The largest absolute Gasteiger partial charge is 0.426 e. The van der Waals surface area contributed by atoms with Gasteiger partial charge < -0.3 is 5.11 Å². The number of aliphatic hydroxyl groups is 1. The minimum atomic E-state index is -6.49. The zero-order valence-electron chi connectivity index (χ0n) is 8.85. The van der Waals surface area contributed by atoms with Gasteiger partial charge in [-0.25, -0.2) is 8.78 Å². The number of halogens is 9. The van der Waals surface area contributed by atoms with Crippen molar-refractivity contribution < 1.29 is 44.6 Å². The standard InChI is InChI=1S/C8H7F9O/c1-3(9)4(2,10)6(11,12)7(13,14)5(3,18)8(15,16)17/h18H,1-2H3. The molecule has 1 rings (SSSR count). The number of alkyl halides is 9. The lowest BCUT2D eigenvalue weighted by molar-refractivity contribution is -0.369. The van der Waals surface area contributed by atoms with Gasteiger partial charge >= 0.3 is 18.0 Å². The van der Waals surface area contributed by atoms with E-state index in [1.165, 1.54) is 0 Å². The molecule has 1 aliphatic carbocycles. The van der Waals surface area contributed by atoms with Gasteiger partial charge in [0, 0.05) is 0 Å². The van der Waals surface area contributed by atoms with Gasteiger partial charge in [0.15, 0.2) is 5.67 Å². The van der Waals surface area contributed by atoms with Crippen molar-refractivity contribution in [2.24, 2.45) is 0 Å². The van der Waals surface area contributed by atoms with Crippen LogP contribution >= 0.6 is 0 Å². The zero-order chi connectivity index (χ0) is 15.0. The highest BCUT2D eigenvalue weighted by atomic mass is 19.4. The molecule has 0 saturated heterocycles. The molecule has 3 unspecified atom stereocenters. The van der Waals surface area contributed by atoms with Crippen molar-refractivity contribution in [3.8, 4) is 0 Å². The number of hydrogen-bond donors (Lipinski definition) is 1. The second kappa shape index (κ2) is 3.07. The topological polar surface area (TPSA) is 20.2 Å². The highest BCUT2D eigenvalue weighted by Crippen LogP contribution is 2.69. The molecule has 0 radical (unpaired) electrons. The maximum atomic E-state index is 13.6. The molecule has 1 saturated carbocycles. The van der Waals surface area contributed by atoms with Crippen molar-refractivity contribution in [2.45, 2.75) is 48.8 Å². The van der Waals surface area contributed by atoms with Crippen LogP contribution < -0.4 is 0 Å². The van der Waals surface area contributed by atoms with Crippen LogP contribution in [0.15, 0.2) is 0 Å². The van der Waals surface area contributed by atoms with Crippen molar-refractivity contribution in [2.75, 3.05) is 0 Å². The van der Waals surface area contributed by atoms with Crippen LogP contribution in [0.4, 0.5) is 39.5 Å². The van der Waals surface area contributed by atoms with E-state index in [4.69, 9.17) is 5.11 Å². The summed E-state index contributed by atoms with van der Waals surface area (Å²) in [6, 6.07) is 0. The van der Waals surface area contributed by atoms with Gasteiger partial charge in [0.05, 0.1) is 0 Å². The fraction of sp³-hybridized carbons (Fsp3) is 1.00. The summed E-state index contributed by atoms with van der Waals surface area (Å²) < 4.78 is 116. The van der Waals surface area contributed by atoms with Crippen LogP contribution in [0.1, 0.15) is 13.8 Å². The molecule has 108 valence electrons. The summed E-state index contributed by atoms with van der Waals surface area (Å²) in [6.45, 7) is -0.931. The fourth-order valence-electron chi connectivity index (χ4n) is 1.90. The summed E-state index contributed by atoms with van der Waals surface area (Å²) >= 11 is 0. The van der Waals surface area contributed by atoms with Crippen molar-refractivity contribution in [3.63, 3.8) is 0 Å². The Balaban J connectivity index is 3.75. The summed E-state index contributed by atoms with van der Waals surface area (Å²) in [5.74, 6) is -12.4. The highest BCUT2D eigenvalue weighted by Gasteiger charge is 2.99. The van der Waals surface area contributed by atoms with Crippen molar-refractivity contribution >= 4 is 0 Å². The summed E-state index contributed by atoms with van der Waals surface area (Å²) in [5, 5.41) is 8.78. The van der Waals surface area contributed by atoms with Crippen LogP contribution in [0.25, 0.3) is 0 Å². The van der Waals surface area contributed by atoms with E-state index in [1.807, 2.05) is 0 Å². The second-order valence-corrected chi connectivity index (χ2v) is 4.36. The lowest BCUT2D eigenvalue weighted by atomic mass is 9.81. The molecular formula is C8H7F9O. The van der Waals surface area contributed by atoms with Crippen molar-refractivity contribution in [1.82, 2.24) is 0 Å². The maximum Gasteiger partial charge on any atom is 0.426 e. The van der Waals surface area contributed by atoms with Crippen LogP contribution in [0.2, 0.25) is 0 Å². The first-order valence-electron chi connectivity index (χ1n) is 4.42. The van der Waals surface area contributed by atoms with Crippen LogP contribution in [0.5, 0.6) is 0 Å². The average molecular weight is 290 g/mol. The van der Waals surface area contributed by atoms with E-state index in [9.17, 15) is 39.5 Å². The molecule has 0 aromatic rings. The van der Waals surface area contributed by atoms with Gasteiger partial charge in [-0.2, -0.15) is 30.7 Å². The maximum absolute atomic E-state index is 13.6. The van der Waals surface area contributed by atoms with E-state index in [0.29, 0.717) is 0 Å². The Morgan fingerprint density at radius 2 is 1.06 bits per heavy atom. The molecule has 0 aromatic heterocycles. The van der Waals surface area contributed by atoms with Crippen molar-refractivity contribution in [3.05, 3.63) is 0 Å². The van der Waals surface area contributed by atoms with E-state index in [0.717, 1.165) is 0 Å². The smallest absolute Gasteiger partial charge is 0.373 e. The van der Waals surface area contributed by atoms with Crippen LogP contribution in [0, 0.1) is 0 Å². The van der Waals surface area contributed by atoms with E-state index in [2.05, 4.69) is 0 Å². The van der Waals surface area contributed by atoms with E-state index in [1.54, 1.807) is 0 Å². The first kappa shape index (κ1) is 15.4. The molecule has 18 heavy (non-hydrogen) atoms. The zero-order valence-corrected chi connectivity index (χ0v) is 8.85. The summed E-state index contributed by atoms with van der Waals surface area (Å²) in [6.07, 6.45) is -6.49. The Labute approximate surface area is 94.6 Å². The molecule has 3 atom stereocenters. The fourth-order valence-corrected chi connectivity index (χ4v) is 1.90. The summed E-state index contributed by atoms with van der Waals surface area (Å²) in [5.41, 5.74) is -15.7. The molecule has 0 amide bonds. The van der Waals surface area contributed by atoms with Gasteiger partial charge in [0.2, 0.25) is 5.67 Å². The van der Waals surface area contributed by atoms with Crippen LogP contribution in [-0.2, 0) is 0 Å². The predicted molar refractivity (Wildman–Crippen MR) is 39.9 cm³/mol. The molecule has 1 nitrogen and oxygen atoms in total. The lowest BCUT2D eigenvalue weighted by Crippen LogP contribution is -2.67. The number of rotatable bonds is 0. The van der Waals surface area contributed by atoms with Gasteiger partial charge in [0.1, 0.15) is 0 Å². The Bertz CT molecular complexity index is 341. The lowest BCUT2D eigenvalue weighted by Gasteiger charge is -2.38. The first-order chi connectivity index (χ1) is 7.50. The number of hydrogen-bond acceptors (Lipinski definition) is 1. The molecule has 1 fully saturated rings. The Morgan fingerprint density at radius 1 is 0.722 bits per heavy atom. The van der Waals surface area contributed by atoms with E-state index < -0.39 is 48.8 Å². The minimum Gasteiger partial charge on any atom is -0.373 e. The Kier molecular flexibility index (Phi) is 2.63. The quantitative estimate of drug-likeness (QED) is 0.680. The van der Waals surface area contributed by atoms with E-state index >= 15 is 0 Å². The molecule has 10 heteroatoms. The van der Waals surface area contributed by atoms with Crippen molar-refractivity contribution in [1.29, 1.82) is 0 Å². The van der Waals surface area contributed by atoms with Crippen LogP contribution in [0.3, 0.4) is 0 Å². The van der Waals surface area contributed by atoms with Gasteiger partial charge in [-0.1, -0.05) is 0 Å². The van der Waals surface area contributed by atoms with E-state index in [-0.39, 0.29) is 0 Å². The van der Waals surface area contributed by atoms with Gasteiger partial charge in [-0.15, -0.1) is 0 Å². The molecule has 0 heterocycles. The van der Waals surface area contributed by atoms with Gasteiger partial charge in [0.25, 0.3) is 5.60 Å². The van der Waals surface area contributed by atoms with Gasteiger partial charge in [-0.05, 0) is 13.8 Å². The Morgan fingerprint density at radius 3 is 1.17 bits per heavy atom.